The minimum absolute atomic E-state index is 0.209. The number of anilines is 1. The molecule has 0 atom stereocenters. The lowest BCUT2D eigenvalue weighted by Gasteiger charge is -2.15. The highest BCUT2D eigenvalue weighted by molar-refractivity contribution is 7.80. The molecule has 0 aliphatic carbocycles. The van der Waals surface area contributed by atoms with Gasteiger partial charge in [-0.3, -0.25) is 10.1 Å². The van der Waals surface area contributed by atoms with Crippen LogP contribution in [-0.4, -0.2) is 11.0 Å². The second-order valence-corrected chi connectivity index (χ2v) is 6.10. The molecule has 3 aromatic carbocycles. The first-order valence-corrected chi connectivity index (χ1v) is 8.53. The second kappa shape index (κ2) is 8.27. The molecular weight excluding hydrogens is 344 g/mol. The second-order valence-electron chi connectivity index (χ2n) is 5.69. The number of carbonyl (C=O) groups is 1. The molecule has 130 valence electrons. The zero-order valence-corrected chi connectivity index (χ0v) is 15.0. The maximum Gasteiger partial charge on any atom is 0.257 e. The van der Waals surface area contributed by atoms with Crippen LogP contribution in [0.1, 0.15) is 15.9 Å². The maximum absolute atomic E-state index is 12.2. The van der Waals surface area contributed by atoms with Crippen molar-refractivity contribution in [2.75, 3.05) is 5.32 Å². The summed E-state index contributed by atoms with van der Waals surface area (Å²) >= 11 is 5.27. The Kier molecular flexibility index (Phi) is 5.61. The maximum atomic E-state index is 12.2. The normalized spacial score (nSPS) is 10.0. The van der Waals surface area contributed by atoms with E-state index in [1.165, 1.54) is 0 Å². The summed E-state index contributed by atoms with van der Waals surface area (Å²) < 4.78 is 5.95. The van der Waals surface area contributed by atoms with Gasteiger partial charge in [0.15, 0.2) is 10.9 Å². The fraction of sp³-hybridized carbons (Fsp3) is 0.0476. The van der Waals surface area contributed by atoms with E-state index in [2.05, 4.69) is 10.6 Å². The van der Waals surface area contributed by atoms with E-state index >= 15 is 0 Å². The van der Waals surface area contributed by atoms with Gasteiger partial charge in [0, 0.05) is 5.56 Å². The van der Waals surface area contributed by atoms with E-state index < -0.39 is 0 Å². The molecule has 0 saturated heterocycles. The summed E-state index contributed by atoms with van der Waals surface area (Å²) in [4.78, 5) is 12.2. The summed E-state index contributed by atoms with van der Waals surface area (Å²) in [6.07, 6.45) is 0. The highest BCUT2D eigenvalue weighted by Gasteiger charge is 2.11. The molecule has 0 heterocycles. The SMILES string of the molecule is Cc1ccc(NC(=S)NC(=O)c2ccccc2)c(Oc2ccccc2)c1. The van der Waals surface area contributed by atoms with E-state index in [9.17, 15) is 4.79 Å². The highest BCUT2D eigenvalue weighted by Crippen LogP contribution is 2.30. The van der Waals surface area contributed by atoms with Crippen molar-refractivity contribution in [3.05, 3.63) is 90.0 Å². The molecule has 5 heteroatoms. The molecule has 0 aliphatic heterocycles. The first-order valence-electron chi connectivity index (χ1n) is 8.13. The molecule has 0 saturated carbocycles. The van der Waals surface area contributed by atoms with Crippen LogP contribution in [0.15, 0.2) is 78.9 Å². The van der Waals surface area contributed by atoms with Crippen LogP contribution in [0, 0.1) is 6.92 Å². The number of benzene rings is 3. The standard InChI is InChI=1S/C21H18N2O2S/c1-15-12-13-18(19(14-15)25-17-10-6-3-7-11-17)22-21(26)23-20(24)16-8-4-2-5-9-16/h2-14H,1H3,(H2,22,23,24,26). The Balaban J connectivity index is 1.73. The first kappa shape index (κ1) is 17.6. The van der Waals surface area contributed by atoms with Gasteiger partial charge in [0.1, 0.15) is 5.75 Å². The van der Waals surface area contributed by atoms with Gasteiger partial charge >= 0.3 is 0 Å². The molecule has 26 heavy (non-hydrogen) atoms. The van der Waals surface area contributed by atoms with Crippen molar-refractivity contribution >= 4 is 28.9 Å². The Morgan fingerprint density at radius 2 is 1.58 bits per heavy atom. The number of ether oxygens (including phenoxy) is 1. The van der Waals surface area contributed by atoms with Crippen LogP contribution >= 0.6 is 12.2 Å². The highest BCUT2D eigenvalue weighted by atomic mass is 32.1. The third-order valence-electron chi connectivity index (χ3n) is 3.62. The van der Waals surface area contributed by atoms with Crippen molar-refractivity contribution in [1.29, 1.82) is 0 Å². The third-order valence-corrected chi connectivity index (χ3v) is 3.82. The molecule has 3 aromatic rings. The van der Waals surface area contributed by atoms with Crippen molar-refractivity contribution in [3.63, 3.8) is 0 Å². The van der Waals surface area contributed by atoms with Crippen LogP contribution in [0.5, 0.6) is 11.5 Å². The predicted octanol–water partition coefficient (Wildman–Crippen LogP) is 4.91. The van der Waals surface area contributed by atoms with E-state index in [4.69, 9.17) is 17.0 Å². The van der Waals surface area contributed by atoms with Gasteiger partial charge in [0.05, 0.1) is 5.69 Å². The number of carbonyl (C=O) groups excluding carboxylic acids is 1. The van der Waals surface area contributed by atoms with Crippen LogP contribution in [0.25, 0.3) is 0 Å². The molecule has 0 radical (unpaired) electrons. The van der Waals surface area contributed by atoms with Gasteiger partial charge in [-0.1, -0.05) is 42.5 Å². The van der Waals surface area contributed by atoms with Crippen LogP contribution < -0.4 is 15.4 Å². The first-order chi connectivity index (χ1) is 12.6. The predicted molar refractivity (Wildman–Crippen MR) is 108 cm³/mol. The zero-order chi connectivity index (χ0) is 18.4. The average Bonchev–Trinajstić information content (AvgIpc) is 2.65. The quantitative estimate of drug-likeness (QED) is 0.647. The summed E-state index contributed by atoms with van der Waals surface area (Å²) in [7, 11) is 0. The lowest BCUT2D eigenvalue weighted by Crippen LogP contribution is -2.34. The van der Waals surface area contributed by atoms with Gasteiger partial charge in [-0.05, 0) is 61.1 Å². The Bertz CT molecular complexity index is 912. The number of rotatable bonds is 4. The van der Waals surface area contributed by atoms with E-state index in [1.807, 2.05) is 61.5 Å². The Morgan fingerprint density at radius 3 is 2.27 bits per heavy atom. The Labute approximate surface area is 157 Å². The number of thiocarbonyl (C=S) groups is 1. The van der Waals surface area contributed by atoms with E-state index in [0.29, 0.717) is 17.0 Å². The number of hydrogen-bond donors (Lipinski definition) is 2. The number of hydrogen-bond acceptors (Lipinski definition) is 3. The van der Waals surface area contributed by atoms with Crippen molar-refractivity contribution in [1.82, 2.24) is 5.32 Å². The van der Waals surface area contributed by atoms with Gasteiger partial charge in [0.2, 0.25) is 0 Å². The van der Waals surface area contributed by atoms with Gasteiger partial charge in [-0.15, -0.1) is 0 Å². The molecule has 3 rings (SSSR count). The van der Waals surface area contributed by atoms with Crippen molar-refractivity contribution in [3.8, 4) is 11.5 Å². The zero-order valence-electron chi connectivity index (χ0n) is 14.2. The van der Waals surface area contributed by atoms with Gasteiger partial charge in [-0.25, -0.2) is 0 Å². The Hall–Kier alpha value is -3.18. The fourth-order valence-electron chi connectivity index (χ4n) is 2.35. The van der Waals surface area contributed by atoms with Gasteiger partial charge in [-0.2, -0.15) is 0 Å². The molecule has 0 spiro atoms. The Morgan fingerprint density at radius 1 is 0.923 bits per heavy atom. The topological polar surface area (TPSA) is 50.4 Å². The molecule has 1 amide bonds. The number of nitrogens with one attached hydrogen (secondary N) is 2. The summed E-state index contributed by atoms with van der Waals surface area (Å²) in [6.45, 7) is 1.98. The molecule has 2 N–H and O–H groups in total. The molecule has 0 bridgehead atoms. The monoisotopic (exact) mass is 362 g/mol. The van der Waals surface area contributed by atoms with Crippen molar-refractivity contribution < 1.29 is 9.53 Å². The minimum Gasteiger partial charge on any atom is -0.455 e. The van der Waals surface area contributed by atoms with Crippen LogP contribution in [-0.2, 0) is 0 Å². The summed E-state index contributed by atoms with van der Waals surface area (Å²) in [5.74, 6) is 1.09. The summed E-state index contributed by atoms with van der Waals surface area (Å²) in [5, 5.41) is 5.92. The lowest BCUT2D eigenvalue weighted by molar-refractivity contribution is 0.0977. The molecule has 0 aromatic heterocycles. The minimum atomic E-state index is -0.263. The number of para-hydroxylation sites is 1. The molecule has 0 unspecified atom stereocenters. The van der Waals surface area contributed by atoms with E-state index in [1.54, 1.807) is 24.3 Å². The third kappa shape index (κ3) is 4.68. The van der Waals surface area contributed by atoms with Gasteiger partial charge in [0.25, 0.3) is 5.91 Å². The van der Waals surface area contributed by atoms with E-state index in [0.717, 1.165) is 11.3 Å². The smallest absolute Gasteiger partial charge is 0.257 e. The van der Waals surface area contributed by atoms with E-state index in [-0.39, 0.29) is 11.0 Å². The van der Waals surface area contributed by atoms with Crippen molar-refractivity contribution in [2.45, 2.75) is 6.92 Å². The van der Waals surface area contributed by atoms with Crippen molar-refractivity contribution in [2.24, 2.45) is 0 Å². The lowest BCUT2D eigenvalue weighted by atomic mass is 10.2. The van der Waals surface area contributed by atoms with Crippen LogP contribution in [0.2, 0.25) is 0 Å². The van der Waals surface area contributed by atoms with Crippen LogP contribution in [0.4, 0.5) is 5.69 Å². The molecule has 0 fully saturated rings. The van der Waals surface area contributed by atoms with Gasteiger partial charge < -0.3 is 10.1 Å². The van der Waals surface area contributed by atoms with Crippen LogP contribution in [0.3, 0.4) is 0 Å². The number of amides is 1. The largest absolute Gasteiger partial charge is 0.455 e. The number of aryl methyl sites for hydroxylation is 1. The average molecular weight is 362 g/mol. The summed E-state index contributed by atoms with van der Waals surface area (Å²) in [5.41, 5.74) is 2.28. The summed E-state index contributed by atoms with van der Waals surface area (Å²) in [6, 6.07) is 24.1. The molecule has 4 nitrogen and oxygen atoms in total. The molecular formula is C21H18N2O2S. The molecule has 0 aliphatic rings. The fourth-order valence-corrected chi connectivity index (χ4v) is 2.55.